The lowest BCUT2D eigenvalue weighted by atomic mass is 10.0. The molecule has 18 heavy (non-hydrogen) atoms. The van der Waals surface area contributed by atoms with E-state index in [9.17, 15) is 4.79 Å². The second-order valence-electron chi connectivity index (χ2n) is 4.11. The molecular formula is C12H18N2O4. The van der Waals surface area contributed by atoms with Gasteiger partial charge in [0.15, 0.2) is 0 Å². The molecule has 6 heteroatoms. The molecule has 0 spiro atoms. The van der Waals surface area contributed by atoms with Crippen LogP contribution in [0.3, 0.4) is 0 Å². The molecule has 0 aliphatic heterocycles. The third-order valence-electron chi connectivity index (χ3n) is 2.74. The third kappa shape index (κ3) is 3.27. The first-order chi connectivity index (χ1) is 8.60. The van der Waals surface area contributed by atoms with Crippen LogP contribution in [0.5, 0.6) is 0 Å². The van der Waals surface area contributed by atoms with Crippen LogP contribution >= 0.6 is 0 Å². The summed E-state index contributed by atoms with van der Waals surface area (Å²) in [5, 5.41) is 29.7. The molecule has 0 radical (unpaired) electrons. The largest absolute Gasteiger partial charge is 0.394 e. The molecule has 1 amide bonds. The number of nitrogens with one attached hydrogen (secondary N) is 1. The van der Waals surface area contributed by atoms with Crippen LogP contribution < -0.4 is 11.1 Å². The van der Waals surface area contributed by atoms with Crippen LogP contribution in [0, 0.1) is 0 Å². The number of benzene rings is 1. The highest BCUT2D eigenvalue weighted by Gasteiger charge is 2.30. The van der Waals surface area contributed by atoms with Crippen LogP contribution in [0.2, 0.25) is 0 Å². The number of nitrogens with two attached hydrogens (primary N) is 1. The highest BCUT2D eigenvalue weighted by molar-refractivity contribution is 5.94. The average Bonchev–Trinajstić information content (AvgIpc) is 2.45. The summed E-state index contributed by atoms with van der Waals surface area (Å²) < 4.78 is 0. The smallest absolute Gasteiger partial charge is 0.251 e. The van der Waals surface area contributed by atoms with E-state index in [1.807, 2.05) is 0 Å². The van der Waals surface area contributed by atoms with Gasteiger partial charge in [-0.3, -0.25) is 4.79 Å². The molecule has 0 aliphatic carbocycles. The zero-order valence-corrected chi connectivity index (χ0v) is 9.97. The van der Waals surface area contributed by atoms with Gasteiger partial charge in [-0.25, -0.2) is 0 Å². The second kappa shape index (κ2) is 6.46. The molecule has 100 valence electrons. The van der Waals surface area contributed by atoms with Crippen molar-refractivity contribution in [2.45, 2.75) is 12.1 Å². The van der Waals surface area contributed by atoms with Crippen LogP contribution in [0.1, 0.15) is 15.9 Å². The van der Waals surface area contributed by atoms with E-state index >= 15 is 0 Å². The Balaban J connectivity index is 2.80. The Kier molecular flexibility index (Phi) is 5.24. The lowest BCUT2D eigenvalue weighted by Crippen LogP contribution is -2.57. The van der Waals surface area contributed by atoms with Crippen molar-refractivity contribution < 1.29 is 20.1 Å². The number of carbonyl (C=O) groups excluding carboxylic acids is 1. The molecule has 0 saturated carbocycles. The zero-order valence-electron chi connectivity index (χ0n) is 9.97. The van der Waals surface area contributed by atoms with Crippen molar-refractivity contribution in [2.75, 3.05) is 19.8 Å². The predicted octanol–water partition coefficient (Wildman–Crippen LogP) is -1.41. The molecule has 0 unspecified atom stereocenters. The van der Waals surface area contributed by atoms with E-state index in [0.717, 1.165) is 5.56 Å². The first-order valence-corrected chi connectivity index (χ1v) is 5.55. The maximum Gasteiger partial charge on any atom is 0.251 e. The van der Waals surface area contributed by atoms with Crippen molar-refractivity contribution >= 4 is 5.91 Å². The molecule has 0 atom stereocenters. The van der Waals surface area contributed by atoms with Gasteiger partial charge in [-0.2, -0.15) is 0 Å². The number of carbonyl (C=O) groups is 1. The van der Waals surface area contributed by atoms with Gasteiger partial charge >= 0.3 is 0 Å². The zero-order chi connectivity index (χ0) is 13.6. The van der Waals surface area contributed by atoms with Crippen molar-refractivity contribution in [1.29, 1.82) is 0 Å². The normalized spacial score (nSPS) is 11.3. The second-order valence-corrected chi connectivity index (χ2v) is 4.11. The molecule has 0 fully saturated rings. The summed E-state index contributed by atoms with van der Waals surface area (Å²) >= 11 is 0. The Morgan fingerprint density at radius 1 is 1.11 bits per heavy atom. The highest BCUT2D eigenvalue weighted by atomic mass is 16.3. The fourth-order valence-electron chi connectivity index (χ4n) is 1.37. The lowest BCUT2D eigenvalue weighted by molar-refractivity contribution is 0.0375. The van der Waals surface area contributed by atoms with Gasteiger partial charge in [0.2, 0.25) is 0 Å². The number of hydrogen-bond donors (Lipinski definition) is 5. The third-order valence-corrected chi connectivity index (χ3v) is 2.74. The molecule has 0 aromatic heterocycles. The molecule has 1 aromatic carbocycles. The standard InChI is InChI=1S/C12H18N2O4/c13-5-9-1-3-10(4-2-9)11(18)14-12(6-15,7-16)8-17/h1-4,15-17H,5-8,13H2,(H,14,18). The van der Waals surface area contributed by atoms with Gasteiger partial charge in [-0.1, -0.05) is 12.1 Å². The molecule has 1 rings (SSSR count). The Bertz CT molecular complexity index is 379. The summed E-state index contributed by atoms with van der Waals surface area (Å²) in [5.74, 6) is -0.476. The van der Waals surface area contributed by atoms with Gasteiger partial charge in [0.05, 0.1) is 19.8 Å². The van der Waals surface area contributed by atoms with Crippen LogP contribution in [-0.4, -0.2) is 46.6 Å². The van der Waals surface area contributed by atoms with Crippen molar-refractivity contribution in [3.05, 3.63) is 35.4 Å². The highest BCUT2D eigenvalue weighted by Crippen LogP contribution is 2.07. The summed E-state index contributed by atoms with van der Waals surface area (Å²) in [4.78, 5) is 11.9. The van der Waals surface area contributed by atoms with E-state index in [1.54, 1.807) is 24.3 Å². The van der Waals surface area contributed by atoms with Crippen LogP contribution in [0.25, 0.3) is 0 Å². The minimum atomic E-state index is -1.41. The molecule has 0 bridgehead atoms. The first kappa shape index (κ1) is 14.6. The van der Waals surface area contributed by atoms with Crippen molar-refractivity contribution in [3.63, 3.8) is 0 Å². The SMILES string of the molecule is NCc1ccc(C(=O)NC(CO)(CO)CO)cc1. The van der Waals surface area contributed by atoms with Gasteiger partial charge in [-0.05, 0) is 17.7 Å². The molecule has 1 aromatic rings. The van der Waals surface area contributed by atoms with Gasteiger partial charge in [0.25, 0.3) is 5.91 Å². The van der Waals surface area contributed by atoms with E-state index in [2.05, 4.69) is 5.32 Å². The fourth-order valence-corrected chi connectivity index (χ4v) is 1.37. The Morgan fingerprint density at radius 2 is 1.61 bits per heavy atom. The Morgan fingerprint density at radius 3 is 2.00 bits per heavy atom. The van der Waals surface area contributed by atoms with Crippen molar-refractivity contribution in [2.24, 2.45) is 5.73 Å². The minimum absolute atomic E-state index is 0.368. The quantitative estimate of drug-likeness (QED) is 0.428. The Labute approximate surface area is 105 Å². The van der Waals surface area contributed by atoms with Gasteiger partial charge < -0.3 is 26.4 Å². The van der Waals surface area contributed by atoms with Crippen LogP contribution in [-0.2, 0) is 6.54 Å². The predicted molar refractivity (Wildman–Crippen MR) is 65.8 cm³/mol. The summed E-state index contributed by atoms with van der Waals surface area (Å²) in [6.45, 7) is -1.26. The number of rotatable bonds is 6. The molecule has 0 aliphatic rings. The van der Waals surface area contributed by atoms with E-state index in [-0.39, 0.29) is 0 Å². The van der Waals surface area contributed by atoms with E-state index in [1.165, 1.54) is 0 Å². The van der Waals surface area contributed by atoms with Gasteiger partial charge in [-0.15, -0.1) is 0 Å². The average molecular weight is 254 g/mol. The molecule has 6 N–H and O–H groups in total. The molecule has 0 heterocycles. The summed E-state index contributed by atoms with van der Waals surface area (Å²) in [6, 6.07) is 6.61. The first-order valence-electron chi connectivity index (χ1n) is 5.55. The van der Waals surface area contributed by atoms with Crippen molar-refractivity contribution in [3.8, 4) is 0 Å². The van der Waals surface area contributed by atoms with Crippen LogP contribution in [0.15, 0.2) is 24.3 Å². The summed E-state index contributed by atoms with van der Waals surface area (Å²) in [5.41, 5.74) is 5.29. The van der Waals surface area contributed by atoms with Gasteiger partial charge in [0, 0.05) is 12.1 Å². The topological polar surface area (TPSA) is 116 Å². The van der Waals surface area contributed by atoms with E-state index in [0.29, 0.717) is 12.1 Å². The van der Waals surface area contributed by atoms with E-state index in [4.69, 9.17) is 21.1 Å². The summed E-state index contributed by atoms with van der Waals surface area (Å²) in [6.07, 6.45) is 0. The number of aliphatic hydroxyl groups excluding tert-OH is 3. The van der Waals surface area contributed by atoms with E-state index < -0.39 is 31.3 Å². The fraction of sp³-hybridized carbons (Fsp3) is 0.417. The number of hydrogen-bond acceptors (Lipinski definition) is 5. The lowest BCUT2D eigenvalue weighted by Gasteiger charge is -2.28. The van der Waals surface area contributed by atoms with Gasteiger partial charge in [0.1, 0.15) is 5.54 Å². The molecule has 0 saturated heterocycles. The van der Waals surface area contributed by atoms with Crippen molar-refractivity contribution in [1.82, 2.24) is 5.32 Å². The monoisotopic (exact) mass is 254 g/mol. The Hall–Kier alpha value is -1.47. The maximum absolute atomic E-state index is 11.9. The maximum atomic E-state index is 11.9. The summed E-state index contributed by atoms with van der Waals surface area (Å²) in [7, 11) is 0. The number of amides is 1. The number of aliphatic hydroxyl groups is 3. The molecular weight excluding hydrogens is 236 g/mol. The minimum Gasteiger partial charge on any atom is -0.394 e. The molecule has 6 nitrogen and oxygen atoms in total. The van der Waals surface area contributed by atoms with Crippen LogP contribution in [0.4, 0.5) is 0 Å².